The number of nitrogens with zero attached hydrogens (tertiary/aromatic N) is 5. The minimum atomic E-state index is 0.213. The summed E-state index contributed by atoms with van der Waals surface area (Å²) in [6.07, 6.45) is 13.7. The van der Waals surface area contributed by atoms with Gasteiger partial charge in [0.25, 0.3) is 0 Å². The van der Waals surface area contributed by atoms with Crippen molar-refractivity contribution in [1.82, 2.24) is 30.1 Å². The van der Waals surface area contributed by atoms with Crippen LogP contribution >= 0.6 is 0 Å². The molecule has 4 rings (SSSR count). The van der Waals surface area contributed by atoms with Crippen molar-refractivity contribution in [1.29, 1.82) is 0 Å². The van der Waals surface area contributed by atoms with Gasteiger partial charge in [-0.25, -0.2) is 9.97 Å². The van der Waals surface area contributed by atoms with Gasteiger partial charge in [0.15, 0.2) is 5.96 Å². The molecule has 0 atom stereocenters. The average Bonchev–Trinajstić information content (AvgIpc) is 3.36. The molecule has 2 aliphatic rings. The molecule has 8 nitrogen and oxygen atoms in total. The number of guanidine groups is 1. The van der Waals surface area contributed by atoms with Crippen molar-refractivity contribution in [2.24, 2.45) is 4.99 Å². The molecule has 2 aromatic heterocycles. The Bertz CT molecular complexity index is 809. The van der Waals surface area contributed by atoms with Crippen molar-refractivity contribution < 1.29 is 4.74 Å². The third-order valence-electron chi connectivity index (χ3n) is 6.31. The fourth-order valence-corrected chi connectivity index (χ4v) is 4.61. The molecule has 0 aromatic carbocycles. The monoisotopic (exact) mass is 411 g/mol. The third kappa shape index (κ3) is 4.99. The summed E-state index contributed by atoms with van der Waals surface area (Å²) in [5, 5.41) is 7.08. The second-order valence-corrected chi connectivity index (χ2v) is 8.16. The Kier molecular flexibility index (Phi) is 6.96. The summed E-state index contributed by atoms with van der Waals surface area (Å²) in [6, 6.07) is 4.09. The Morgan fingerprint density at radius 2 is 2.00 bits per heavy atom. The molecule has 0 bridgehead atoms. The molecule has 0 spiro atoms. The van der Waals surface area contributed by atoms with Crippen molar-refractivity contribution in [3.05, 3.63) is 42.6 Å². The highest BCUT2D eigenvalue weighted by molar-refractivity contribution is 5.79. The molecule has 30 heavy (non-hydrogen) atoms. The molecule has 1 saturated heterocycles. The highest BCUT2D eigenvalue weighted by Gasteiger charge is 2.38. The van der Waals surface area contributed by atoms with Crippen molar-refractivity contribution >= 4 is 5.96 Å². The molecule has 1 aliphatic heterocycles. The maximum atomic E-state index is 5.60. The van der Waals surface area contributed by atoms with Gasteiger partial charge in [0.2, 0.25) is 0 Å². The van der Waals surface area contributed by atoms with Gasteiger partial charge in [0.05, 0.1) is 13.2 Å². The van der Waals surface area contributed by atoms with Gasteiger partial charge in [-0.1, -0.05) is 19.3 Å². The summed E-state index contributed by atoms with van der Waals surface area (Å²) < 4.78 is 7.51. The highest BCUT2D eigenvalue weighted by atomic mass is 16.5. The lowest BCUT2D eigenvalue weighted by Crippen LogP contribution is -2.60. The van der Waals surface area contributed by atoms with Crippen LogP contribution in [0.25, 0.3) is 5.82 Å². The molecule has 2 N–H and O–H groups in total. The van der Waals surface area contributed by atoms with E-state index in [0.717, 1.165) is 50.2 Å². The van der Waals surface area contributed by atoms with E-state index in [1.54, 1.807) is 12.5 Å². The average molecular weight is 412 g/mol. The van der Waals surface area contributed by atoms with E-state index in [1.165, 1.54) is 32.1 Å². The topological polar surface area (TPSA) is 79.6 Å². The normalized spacial score (nSPS) is 20.1. The summed E-state index contributed by atoms with van der Waals surface area (Å²) >= 11 is 0. The zero-order valence-electron chi connectivity index (χ0n) is 17.9. The first-order valence-corrected chi connectivity index (χ1v) is 11.0. The van der Waals surface area contributed by atoms with Crippen LogP contribution in [-0.4, -0.2) is 70.8 Å². The maximum Gasteiger partial charge on any atom is 0.191 e. The molecular weight excluding hydrogens is 378 g/mol. The second kappa shape index (κ2) is 10.0. The number of ether oxygens (including phenoxy) is 1. The van der Waals surface area contributed by atoms with Crippen LogP contribution in [0.2, 0.25) is 0 Å². The smallest absolute Gasteiger partial charge is 0.191 e. The lowest BCUT2D eigenvalue weighted by molar-refractivity contribution is -0.0352. The number of morpholine rings is 1. The van der Waals surface area contributed by atoms with Crippen molar-refractivity contribution in [3.8, 4) is 5.82 Å². The predicted molar refractivity (Wildman–Crippen MR) is 118 cm³/mol. The van der Waals surface area contributed by atoms with Crippen molar-refractivity contribution in [2.45, 2.75) is 44.2 Å². The number of hydrogen-bond donors (Lipinski definition) is 2. The number of aliphatic imine (C=N–C) groups is 1. The molecule has 1 aliphatic carbocycles. The standard InChI is InChI=1S/C22H33N7O/c1-23-21(26-16-19-5-8-25-20(15-19)28-10-9-24-18-28)27-17-22(6-3-2-4-7-22)29-11-13-30-14-12-29/h5,8-10,15,18H,2-4,6-7,11-14,16-17H2,1H3,(H2,23,26,27). The van der Waals surface area contributed by atoms with Gasteiger partial charge in [0.1, 0.15) is 12.1 Å². The number of hydrogen-bond acceptors (Lipinski definition) is 5. The SMILES string of the molecule is CN=C(NCc1ccnc(-n2ccnc2)c1)NCC1(N2CCOCC2)CCCCC1. The van der Waals surface area contributed by atoms with E-state index in [2.05, 4.69) is 36.6 Å². The fraction of sp³-hybridized carbons (Fsp3) is 0.591. The van der Waals surface area contributed by atoms with Gasteiger partial charge >= 0.3 is 0 Å². The van der Waals surface area contributed by atoms with Gasteiger partial charge < -0.3 is 15.4 Å². The molecule has 1 saturated carbocycles. The van der Waals surface area contributed by atoms with Crippen LogP contribution in [-0.2, 0) is 11.3 Å². The van der Waals surface area contributed by atoms with Crippen LogP contribution in [0.5, 0.6) is 0 Å². The summed E-state index contributed by atoms with van der Waals surface area (Å²) in [4.78, 5) is 15.6. The minimum absolute atomic E-state index is 0.213. The zero-order valence-corrected chi connectivity index (χ0v) is 17.9. The van der Waals surface area contributed by atoms with Crippen molar-refractivity contribution in [2.75, 3.05) is 39.9 Å². The number of pyridine rings is 1. The predicted octanol–water partition coefficient (Wildman–Crippen LogP) is 1.97. The number of aromatic nitrogens is 3. The van der Waals surface area contributed by atoms with Gasteiger partial charge in [-0.3, -0.25) is 14.5 Å². The first-order valence-electron chi connectivity index (χ1n) is 11.0. The summed E-state index contributed by atoms with van der Waals surface area (Å²) in [7, 11) is 1.83. The number of rotatable bonds is 6. The van der Waals surface area contributed by atoms with E-state index < -0.39 is 0 Å². The van der Waals surface area contributed by atoms with E-state index >= 15 is 0 Å². The molecule has 162 valence electrons. The van der Waals surface area contributed by atoms with Crippen LogP contribution in [0, 0.1) is 0 Å². The summed E-state index contributed by atoms with van der Waals surface area (Å²) in [5.41, 5.74) is 1.36. The van der Waals surface area contributed by atoms with Crippen LogP contribution in [0.3, 0.4) is 0 Å². The Hall–Kier alpha value is -2.45. The largest absolute Gasteiger partial charge is 0.379 e. The minimum Gasteiger partial charge on any atom is -0.379 e. The molecule has 2 fully saturated rings. The first-order chi connectivity index (χ1) is 14.8. The van der Waals surface area contributed by atoms with Gasteiger partial charge in [-0.2, -0.15) is 0 Å². The van der Waals surface area contributed by atoms with Crippen LogP contribution in [0.15, 0.2) is 42.0 Å². The number of nitrogens with one attached hydrogen (secondary N) is 2. The molecular formula is C22H33N7O. The van der Waals surface area contributed by atoms with E-state index in [9.17, 15) is 0 Å². The molecule has 2 aromatic rings. The van der Waals surface area contributed by atoms with E-state index in [-0.39, 0.29) is 5.54 Å². The van der Waals surface area contributed by atoms with Crippen LogP contribution in [0.4, 0.5) is 0 Å². The van der Waals surface area contributed by atoms with Crippen LogP contribution < -0.4 is 10.6 Å². The van der Waals surface area contributed by atoms with Crippen LogP contribution in [0.1, 0.15) is 37.7 Å². The van der Waals surface area contributed by atoms with E-state index in [4.69, 9.17) is 4.74 Å². The zero-order chi connectivity index (χ0) is 20.7. The van der Waals surface area contributed by atoms with E-state index in [1.807, 2.05) is 30.1 Å². The lowest BCUT2D eigenvalue weighted by Gasteiger charge is -2.48. The fourth-order valence-electron chi connectivity index (χ4n) is 4.61. The Morgan fingerprint density at radius 1 is 1.17 bits per heavy atom. The second-order valence-electron chi connectivity index (χ2n) is 8.16. The lowest BCUT2D eigenvalue weighted by atomic mass is 9.80. The Morgan fingerprint density at radius 3 is 2.73 bits per heavy atom. The molecule has 0 amide bonds. The molecule has 8 heteroatoms. The van der Waals surface area contributed by atoms with Gasteiger partial charge in [-0.05, 0) is 30.5 Å². The van der Waals surface area contributed by atoms with E-state index in [0.29, 0.717) is 6.54 Å². The van der Waals surface area contributed by atoms with Gasteiger partial charge in [-0.15, -0.1) is 0 Å². The quantitative estimate of drug-likeness (QED) is 0.559. The molecule has 3 heterocycles. The highest BCUT2D eigenvalue weighted by Crippen LogP contribution is 2.33. The third-order valence-corrected chi connectivity index (χ3v) is 6.31. The van der Waals surface area contributed by atoms with Crippen molar-refractivity contribution in [3.63, 3.8) is 0 Å². The molecule has 0 radical (unpaired) electrons. The number of imidazole rings is 1. The first kappa shape index (κ1) is 20.8. The molecule has 0 unspecified atom stereocenters. The summed E-state index contributed by atoms with van der Waals surface area (Å²) in [5.74, 6) is 1.71. The maximum absolute atomic E-state index is 5.60. The van der Waals surface area contributed by atoms with Gasteiger partial charge in [0, 0.05) is 57.4 Å². The summed E-state index contributed by atoms with van der Waals surface area (Å²) in [6.45, 7) is 5.35. The Balaban J connectivity index is 1.35. The Labute approximate surface area is 178 Å².